The molecule has 6 nitrogen and oxygen atoms in total. The Morgan fingerprint density at radius 1 is 1.25 bits per heavy atom. The number of benzene rings is 1. The van der Waals surface area contributed by atoms with E-state index in [0.29, 0.717) is 28.7 Å². The number of nitrogens with two attached hydrogens (primary N) is 1. The molecule has 0 bridgehead atoms. The summed E-state index contributed by atoms with van der Waals surface area (Å²) in [4.78, 5) is 19.7. The molecule has 4 rings (SSSR count). The smallest absolute Gasteiger partial charge is 0.414 e. The number of rotatable bonds is 2. The molecule has 1 atom stereocenters. The Kier molecular flexibility index (Phi) is 5.35. The molecule has 1 aliphatic heterocycles. The Morgan fingerprint density at radius 3 is 2.79 bits per heavy atom. The molecule has 28 heavy (non-hydrogen) atoms. The summed E-state index contributed by atoms with van der Waals surface area (Å²) in [7, 11) is 0. The Hall–Kier alpha value is -2.41. The fraction of sp³-hybridized carbons (Fsp3) is 0.429. The number of pyridine rings is 1. The second kappa shape index (κ2) is 7.91. The number of ether oxygens (including phenoxy) is 2. The van der Waals surface area contributed by atoms with Crippen LogP contribution in [0.3, 0.4) is 0 Å². The molecular formula is C21H25N3O3S. The number of nitrogen functional groups attached to an aromatic ring is 1. The molecule has 148 valence electrons. The van der Waals surface area contributed by atoms with Gasteiger partial charge in [-0.25, -0.2) is 9.78 Å². The lowest BCUT2D eigenvalue weighted by Gasteiger charge is -2.33. The van der Waals surface area contributed by atoms with Gasteiger partial charge in [-0.15, -0.1) is 12.6 Å². The quantitative estimate of drug-likeness (QED) is 0.566. The van der Waals surface area contributed by atoms with Gasteiger partial charge in [0.25, 0.3) is 0 Å². The van der Waals surface area contributed by atoms with Gasteiger partial charge in [-0.2, -0.15) is 0 Å². The third-order valence-corrected chi connectivity index (χ3v) is 5.67. The molecule has 1 aliphatic carbocycles. The third-order valence-electron chi connectivity index (χ3n) is 5.28. The second-order valence-electron chi connectivity index (χ2n) is 7.50. The van der Waals surface area contributed by atoms with Gasteiger partial charge in [0.05, 0.1) is 6.54 Å². The average Bonchev–Trinajstić information content (AvgIpc) is 2.70. The van der Waals surface area contributed by atoms with Gasteiger partial charge < -0.3 is 15.2 Å². The summed E-state index contributed by atoms with van der Waals surface area (Å²) in [5.74, 6) is 0.449. The van der Waals surface area contributed by atoms with Crippen molar-refractivity contribution >= 4 is 30.1 Å². The molecule has 0 radical (unpaired) electrons. The van der Waals surface area contributed by atoms with Gasteiger partial charge >= 0.3 is 6.09 Å². The topological polar surface area (TPSA) is 77.7 Å². The second-order valence-corrected chi connectivity index (χ2v) is 7.99. The molecule has 2 aromatic rings. The molecule has 7 heteroatoms. The molecule has 1 aromatic heterocycles. The first kappa shape index (κ1) is 18.9. The van der Waals surface area contributed by atoms with Gasteiger partial charge in [-0.1, -0.05) is 12.5 Å². The normalized spacial score (nSPS) is 19.6. The van der Waals surface area contributed by atoms with Gasteiger partial charge in [0.15, 0.2) is 0 Å². The number of amides is 1. The van der Waals surface area contributed by atoms with Crippen molar-refractivity contribution in [3.05, 3.63) is 30.5 Å². The maximum absolute atomic E-state index is 12.9. The van der Waals surface area contributed by atoms with Crippen LogP contribution in [0.15, 0.2) is 35.4 Å². The molecule has 2 heterocycles. The lowest BCUT2D eigenvalue weighted by molar-refractivity contribution is 0.0771. The number of nitrogens with zero attached hydrogens (tertiary/aromatic N) is 2. The molecule has 0 spiro atoms. The predicted molar refractivity (Wildman–Crippen MR) is 112 cm³/mol. The highest BCUT2D eigenvalue weighted by atomic mass is 32.1. The van der Waals surface area contributed by atoms with Crippen molar-refractivity contribution in [2.45, 2.75) is 56.1 Å². The summed E-state index contributed by atoms with van der Waals surface area (Å²) in [5.41, 5.74) is 8.90. The molecule has 0 saturated heterocycles. The van der Waals surface area contributed by atoms with Gasteiger partial charge in [0, 0.05) is 22.3 Å². The Labute approximate surface area is 170 Å². The Morgan fingerprint density at radius 2 is 2.04 bits per heavy atom. The van der Waals surface area contributed by atoms with E-state index in [4.69, 9.17) is 15.2 Å². The highest BCUT2D eigenvalue weighted by Gasteiger charge is 2.32. The minimum absolute atomic E-state index is 0.00262. The summed E-state index contributed by atoms with van der Waals surface area (Å²) in [6, 6.07) is 7.52. The number of carbonyl (C=O) groups is 1. The van der Waals surface area contributed by atoms with Crippen molar-refractivity contribution in [1.29, 1.82) is 0 Å². The largest absolute Gasteiger partial charge is 0.471 e. The van der Waals surface area contributed by atoms with Gasteiger partial charge in [-0.05, 0) is 56.4 Å². The maximum atomic E-state index is 12.9. The van der Waals surface area contributed by atoms with E-state index in [1.165, 1.54) is 6.42 Å². The predicted octanol–water partition coefficient (Wildman–Crippen LogP) is 4.68. The van der Waals surface area contributed by atoms with E-state index in [2.05, 4.69) is 17.6 Å². The zero-order chi connectivity index (χ0) is 19.7. The lowest BCUT2D eigenvalue weighted by atomic mass is 9.98. The third kappa shape index (κ3) is 3.90. The van der Waals surface area contributed by atoms with Crippen LogP contribution in [-0.2, 0) is 4.74 Å². The SMILES string of the molecule is CC1CN(C(=O)OC2CCCCC2)c2cc(-c3ccc(N)c(S)c3)cnc2O1. The number of aromatic nitrogens is 1. The molecule has 1 amide bonds. The van der Waals surface area contributed by atoms with E-state index in [-0.39, 0.29) is 18.3 Å². The van der Waals surface area contributed by atoms with E-state index in [1.54, 1.807) is 11.1 Å². The summed E-state index contributed by atoms with van der Waals surface area (Å²) in [6.07, 6.45) is 6.59. The zero-order valence-corrected chi connectivity index (χ0v) is 16.8. The Bertz CT molecular complexity index is 883. The Balaban J connectivity index is 1.63. The van der Waals surface area contributed by atoms with Crippen LogP contribution in [-0.4, -0.2) is 29.8 Å². The molecule has 1 unspecified atom stereocenters. The van der Waals surface area contributed by atoms with E-state index < -0.39 is 0 Å². The number of carbonyl (C=O) groups excluding carboxylic acids is 1. The first-order valence-electron chi connectivity index (χ1n) is 9.75. The van der Waals surface area contributed by atoms with Crippen LogP contribution in [0.1, 0.15) is 39.0 Å². The minimum Gasteiger partial charge on any atom is -0.471 e. The van der Waals surface area contributed by atoms with Gasteiger partial charge in [0.1, 0.15) is 17.9 Å². The van der Waals surface area contributed by atoms with Crippen LogP contribution in [0.2, 0.25) is 0 Å². The van der Waals surface area contributed by atoms with E-state index in [1.807, 2.05) is 31.2 Å². The van der Waals surface area contributed by atoms with Crippen molar-refractivity contribution in [2.75, 3.05) is 17.2 Å². The molecule has 2 aliphatic rings. The monoisotopic (exact) mass is 399 g/mol. The van der Waals surface area contributed by atoms with E-state index in [9.17, 15) is 4.79 Å². The number of hydrogen-bond acceptors (Lipinski definition) is 6. The van der Waals surface area contributed by atoms with Crippen LogP contribution in [0.4, 0.5) is 16.2 Å². The van der Waals surface area contributed by atoms with E-state index >= 15 is 0 Å². The molecular weight excluding hydrogens is 374 g/mol. The molecule has 1 saturated carbocycles. The maximum Gasteiger partial charge on any atom is 0.414 e. The summed E-state index contributed by atoms with van der Waals surface area (Å²) in [6.45, 7) is 2.36. The van der Waals surface area contributed by atoms with Gasteiger partial charge in [0.2, 0.25) is 5.88 Å². The van der Waals surface area contributed by atoms with Crippen molar-refractivity contribution in [1.82, 2.24) is 4.98 Å². The van der Waals surface area contributed by atoms with Gasteiger partial charge in [-0.3, -0.25) is 4.90 Å². The molecule has 1 aromatic carbocycles. The lowest BCUT2D eigenvalue weighted by Crippen LogP contribution is -2.44. The standard InChI is InChI=1S/C21H25N3O3S/c1-13-12-24(21(25)27-16-5-3-2-4-6-16)18-9-15(11-23-20(18)26-13)14-7-8-17(22)19(28)10-14/h7-11,13,16,28H,2-6,12,22H2,1H3. The van der Waals surface area contributed by atoms with Crippen molar-refractivity contribution in [2.24, 2.45) is 0 Å². The zero-order valence-electron chi connectivity index (χ0n) is 15.9. The van der Waals surface area contributed by atoms with Crippen molar-refractivity contribution in [3.8, 4) is 17.0 Å². The van der Waals surface area contributed by atoms with Crippen LogP contribution < -0.4 is 15.4 Å². The number of hydrogen-bond donors (Lipinski definition) is 2. The molecule has 1 fully saturated rings. The summed E-state index contributed by atoms with van der Waals surface area (Å²) < 4.78 is 11.6. The summed E-state index contributed by atoms with van der Waals surface area (Å²) in [5, 5.41) is 0. The van der Waals surface area contributed by atoms with Crippen LogP contribution >= 0.6 is 12.6 Å². The fourth-order valence-corrected chi connectivity index (χ4v) is 3.96. The van der Waals surface area contributed by atoms with Crippen molar-refractivity contribution in [3.63, 3.8) is 0 Å². The average molecular weight is 400 g/mol. The van der Waals surface area contributed by atoms with Crippen LogP contribution in [0, 0.1) is 0 Å². The fourth-order valence-electron chi connectivity index (χ4n) is 3.75. The highest BCUT2D eigenvalue weighted by Crippen LogP contribution is 2.36. The summed E-state index contributed by atoms with van der Waals surface area (Å²) >= 11 is 4.40. The first-order valence-corrected chi connectivity index (χ1v) is 10.2. The minimum atomic E-state index is -0.325. The van der Waals surface area contributed by atoms with Crippen LogP contribution in [0.5, 0.6) is 5.88 Å². The van der Waals surface area contributed by atoms with Crippen molar-refractivity contribution < 1.29 is 14.3 Å². The molecule has 2 N–H and O–H groups in total. The first-order chi connectivity index (χ1) is 13.5. The highest BCUT2D eigenvalue weighted by molar-refractivity contribution is 7.80. The van der Waals surface area contributed by atoms with Crippen LogP contribution in [0.25, 0.3) is 11.1 Å². The number of anilines is 2. The van der Waals surface area contributed by atoms with E-state index in [0.717, 1.165) is 36.8 Å². The number of fused-ring (bicyclic) bond motifs is 1. The number of thiol groups is 1.